The molecule has 0 fully saturated rings. The van der Waals surface area contributed by atoms with Crippen LogP contribution in [-0.2, 0) is 11.3 Å². The zero-order valence-corrected chi connectivity index (χ0v) is 17.2. The van der Waals surface area contributed by atoms with Crippen LogP contribution in [0.2, 0.25) is 5.02 Å². The van der Waals surface area contributed by atoms with Gasteiger partial charge < -0.3 is 14.8 Å². The van der Waals surface area contributed by atoms with E-state index in [0.29, 0.717) is 28.2 Å². The van der Waals surface area contributed by atoms with Crippen molar-refractivity contribution in [2.24, 2.45) is 0 Å². The molecule has 0 spiro atoms. The summed E-state index contributed by atoms with van der Waals surface area (Å²) in [7, 11) is 0. The molecule has 30 heavy (non-hydrogen) atoms. The summed E-state index contributed by atoms with van der Waals surface area (Å²) in [6.07, 6.45) is 1.60. The van der Waals surface area contributed by atoms with Gasteiger partial charge in [0.2, 0.25) is 5.91 Å². The molecule has 2 heterocycles. The molecule has 0 radical (unpaired) electrons. The van der Waals surface area contributed by atoms with E-state index in [-0.39, 0.29) is 17.4 Å². The van der Waals surface area contributed by atoms with Crippen LogP contribution in [0.5, 0.6) is 5.75 Å². The molecule has 0 aliphatic heterocycles. The molecule has 2 aromatic heterocycles. The molecule has 4 rings (SSSR count). The third-order valence-electron chi connectivity index (χ3n) is 4.18. The summed E-state index contributed by atoms with van der Waals surface area (Å²) in [5, 5.41) is 22.1. The van der Waals surface area contributed by atoms with Gasteiger partial charge in [-0.2, -0.15) is 0 Å². The number of carbonyl (C=O) groups excluding carboxylic acids is 1. The van der Waals surface area contributed by atoms with Crippen molar-refractivity contribution < 1.29 is 14.3 Å². The Morgan fingerprint density at radius 1 is 1.13 bits per heavy atom. The monoisotopic (exact) mass is 440 g/mol. The van der Waals surface area contributed by atoms with Crippen molar-refractivity contribution in [1.82, 2.24) is 14.8 Å². The summed E-state index contributed by atoms with van der Waals surface area (Å²) < 4.78 is 7.35. The number of carbonyl (C=O) groups is 1. The van der Waals surface area contributed by atoms with Gasteiger partial charge in [0.05, 0.1) is 18.6 Å². The number of phenols is 1. The molecule has 1 amide bonds. The Morgan fingerprint density at radius 3 is 2.70 bits per heavy atom. The molecule has 152 valence electrons. The first-order valence-corrected chi connectivity index (χ1v) is 10.4. The maximum Gasteiger partial charge on any atom is 0.234 e. The number of phenolic OH excluding ortho intramolecular Hbond substituents is 1. The van der Waals surface area contributed by atoms with Gasteiger partial charge in [-0.15, -0.1) is 10.2 Å². The van der Waals surface area contributed by atoms with Crippen molar-refractivity contribution in [3.8, 4) is 17.1 Å². The zero-order chi connectivity index (χ0) is 20.9. The number of hydrogen-bond acceptors (Lipinski definition) is 6. The third kappa shape index (κ3) is 4.84. The van der Waals surface area contributed by atoms with E-state index in [4.69, 9.17) is 16.0 Å². The molecule has 7 nitrogen and oxygen atoms in total. The van der Waals surface area contributed by atoms with Crippen LogP contribution < -0.4 is 5.32 Å². The van der Waals surface area contributed by atoms with E-state index in [2.05, 4.69) is 15.5 Å². The first kappa shape index (κ1) is 20.1. The molecular weight excluding hydrogens is 424 g/mol. The Labute approximate surface area is 181 Å². The standard InChI is InChI=1S/C21H17ClN4O3S/c22-15-3-1-4-16(11-15)23-19(28)13-30-21-25-24-20(14-6-8-17(27)9-7-14)26(21)12-18-5-2-10-29-18/h1-11,27H,12-13H2,(H,23,28). The lowest BCUT2D eigenvalue weighted by atomic mass is 10.2. The van der Waals surface area contributed by atoms with Gasteiger partial charge in [-0.25, -0.2) is 0 Å². The maximum atomic E-state index is 12.4. The Balaban J connectivity index is 1.53. The highest BCUT2D eigenvalue weighted by atomic mass is 35.5. The van der Waals surface area contributed by atoms with E-state index in [1.807, 2.05) is 16.7 Å². The Morgan fingerprint density at radius 2 is 1.97 bits per heavy atom. The van der Waals surface area contributed by atoms with Gasteiger partial charge in [0.15, 0.2) is 11.0 Å². The van der Waals surface area contributed by atoms with Crippen molar-refractivity contribution >= 4 is 35.0 Å². The van der Waals surface area contributed by atoms with Gasteiger partial charge in [0.25, 0.3) is 0 Å². The number of rotatable bonds is 7. The predicted octanol–water partition coefficient (Wildman–Crippen LogP) is 4.68. The highest BCUT2D eigenvalue weighted by Gasteiger charge is 2.17. The second-order valence-electron chi connectivity index (χ2n) is 6.37. The zero-order valence-electron chi connectivity index (χ0n) is 15.7. The van der Waals surface area contributed by atoms with Crippen LogP contribution in [0.4, 0.5) is 5.69 Å². The molecule has 0 aliphatic rings. The average Bonchev–Trinajstić information content (AvgIpc) is 3.38. The van der Waals surface area contributed by atoms with Crippen LogP contribution in [0.15, 0.2) is 76.5 Å². The number of hydrogen-bond donors (Lipinski definition) is 2. The Hall–Kier alpha value is -3.23. The van der Waals surface area contributed by atoms with Gasteiger partial charge in [-0.05, 0) is 54.6 Å². The molecule has 0 atom stereocenters. The fraction of sp³-hybridized carbons (Fsp3) is 0.0952. The molecule has 4 aromatic rings. The highest BCUT2D eigenvalue weighted by molar-refractivity contribution is 7.99. The fourth-order valence-electron chi connectivity index (χ4n) is 2.81. The minimum absolute atomic E-state index is 0.151. The van der Waals surface area contributed by atoms with E-state index < -0.39 is 0 Å². The summed E-state index contributed by atoms with van der Waals surface area (Å²) in [5.74, 6) is 1.49. The van der Waals surface area contributed by atoms with Gasteiger partial charge in [0, 0.05) is 16.3 Å². The van der Waals surface area contributed by atoms with E-state index >= 15 is 0 Å². The third-order valence-corrected chi connectivity index (χ3v) is 5.38. The number of nitrogens with one attached hydrogen (secondary N) is 1. The normalized spacial score (nSPS) is 10.8. The maximum absolute atomic E-state index is 12.4. The molecule has 0 bridgehead atoms. The van der Waals surface area contributed by atoms with Crippen molar-refractivity contribution in [2.45, 2.75) is 11.7 Å². The van der Waals surface area contributed by atoms with Crippen molar-refractivity contribution in [3.63, 3.8) is 0 Å². The molecular formula is C21H17ClN4O3S. The summed E-state index contributed by atoms with van der Waals surface area (Å²) in [6.45, 7) is 0.411. The lowest BCUT2D eigenvalue weighted by Crippen LogP contribution is -2.14. The van der Waals surface area contributed by atoms with Crippen LogP contribution >= 0.6 is 23.4 Å². The van der Waals surface area contributed by atoms with Crippen LogP contribution in [0.1, 0.15) is 5.76 Å². The average molecular weight is 441 g/mol. The van der Waals surface area contributed by atoms with Gasteiger partial charge in [-0.1, -0.05) is 29.4 Å². The number of nitrogens with zero attached hydrogens (tertiary/aromatic N) is 3. The number of aromatic nitrogens is 3. The summed E-state index contributed by atoms with van der Waals surface area (Å²) >= 11 is 7.23. The summed E-state index contributed by atoms with van der Waals surface area (Å²) in [4.78, 5) is 12.4. The predicted molar refractivity (Wildman–Crippen MR) is 116 cm³/mol. The first-order valence-electron chi connectivity index (χ1n) is 9.02. The van der Waals surface area contributed by atoms with E-state index in [1.54, 1.807) is 54.8 Å². The Bertz CT molecular complexity index is 1140. The second kappa shape index (κ2) is 9.06. The minimum Gasteiger partial charge on any atom is -0.508 e. The molecule has 0 saturated heterocycles. The number of furan rings is 1. The van der Waals surface area contributed by atoms with E-state index in [0.717, 1.165) is 11.3 Å². The van der Waals surface area contributed by atoms with E-state index in [9.17, 15) is 9.90 Å². The van der Waals surface area contributed by atoms with Crippen LogP contribution in [0.3, 0.4) is 0 Å². The first-order chi connectivity index (χ1) is 14.6. The van der Waals surface area contributed by atoms with Crippen LogP contribution in [0.25, 0.3) is 11.4 Å². The number of amides is 1. The number of anilines is 1. The quantitative estimate of drug-likeness (QED) is 0.405. The van der Waals surface area contributed by atoms with Crippen LogP contribution in [0, 0.1) is 0 Å². The van der Waals surface area contributed by atoms with Gasteiger partial charge in [-0.3, -0.25) is 9.36 Å². The molecule has 2 N–H and O–H groups in total. The van der Waals surface area contributed by atoms with E-state index in [1.165, 1.54) is 11.8 Å². The molecule has 0 unspecified atom stereocenters. The minimum atomic E-state index is -0.180. The highest BCUT2D eigenvalue weighted by Crippen LogP contribution is 2.27. The molecule has 0 saturated carbocycles. The number of benzene rings is 2. The number of aromatic hydroxyl groups is 1. The van der Waals surface area contributed by atoms with Crippen molar-refractivity contribution in [3.05, 3.63) is 77.7 Å². The smallest absolute Gasteiger partial charge is 0.234 e. The topological polar surface area (TPSA) is 93.2 Å². The van der Waals surface area contributed by atoms with Crippen molar-refractivity contribution in [2.75, 3.05) is 11.1 Å². The fourth-order valence-corrected chi connectivity index (χ4v) is 3.74. The summed E-state index contributed by atoms with van der Waals surface area (Å²) in [5.41, 5.74) is 1.43. The number of thioether (sulfide) groups is 1. The lowest BCUT2D eigenvalue weighted by Gasteiger charge is -2.09. The lowest BCUT2D eigenvalue weighted by molar-refractivity contribution is -0.113. The second-order valence-corrected chi connectivity index (χ2v) is 7.74. The van der Waals surface area contributed by atoms with Gasteiger partial charge >= 0.3 is 0 Å². The summed E-state index contributed by atoms with van der Waals surface area (Å²) in [6, 6.07) is 17.4. The van der Waals surface area contributed by atoms with Crippen molar-refractivity contribution in [1.29, 1.82) is 0 Å². The molecule has 2 aromatic carbocycles. The SMILES string of the molecule is O=C(CSc1nnc(-c2ccc(O)cc2)n1Cc1ccco1)Nc1cccc(Cl)c1. The largest absolute Gasteiger partial charge is 0.508 e. The molecule has 0 aliphatic carbocycles. The Kier molecular flexibility index (Phi) is 6.06. The number of halogens is 1. The van der Waals surface area contributed by atoms with Gasteiger partial charge in [0.1, 0.15) is 11.5 Å². The van der Waals surface area contributed by atoms with Crippen LogP contribution in [-0.4, -0.2) is 31.5 Å². The molecule has 9 heteroatoms.